The van der Waals surface area contributed by atoms with Crippen molar-refractivity contribution in [1.29, 1.82) is 0 Å². The molecule has 1 aliphatic carbocycles. The molecule has 1 N–H and O–H groups in total. The molecule has 2 aliphatic rings. The van der Waals surface area contributed by atoms with Crippen LogP contribution in [0.3, 0.4) is 0 Å². The molecule has 0 saturated carbocycles. The topological polar surface area (TPSA) is 58.2 Å². The van der Waals surface area contributed by atoms with E-state index in [9.17, 15) is 4.79 Å². The van der Waals surface area contributed by atoms with E-state index in [0.29, 0.717) is 0 Å². The number of nitrogens with one attached hydrogen (secondary N) is 1. The van der Waals surface area contributed by atoms with Crippen molar-refractivity contribution in [2.75, 3.05) is 38.6 Å². The van der Waals surface area contributed by atoms with Crippen molar-refractivity contribution in [2.24, 2.45) is 0 Å². The fourth-order valence-corrected chi connectivity index (χ4v) is 3.63. The highest BCUT2D eigenvalue weighted by molar-refractivity contribution is 7.99. The minimum atomic E-state index is 0.0728. The molecular weight excluding hydrogens is 274 g/mol. The summed E-state index contributed by atoms with van der Waals surface area (Å²) in [4.78, 5) is 22.0. The first-order valence-electron chi connectivity index (χ1n) is 7.38. The minimum absolute atomic E-state index is 0.0728. The predicted octanol–water partition coefficient (Wildman–Crippen LogP) is 1.07. The van der Waals surface area contributed by atoms with Crippen LogP contribution in [0.25, 0.3) is 0 Å². The van der Waals surface area contributed by atoms with Crippen LogP contribution in [0.2, 0.25) is 0 Å². The van der Waals surface area contributed by atoms with Gasteiger partial charge in [0.15, 0.2) is 5.16 Å². The molecular formula is C14H21N3O2S. The van der Waals surface area contributed by atoms with Crippen molar-refractivity contribution in [3.8, 4) is 0 Å². The van der Waals surface area contributed by atoms with Gasteiger partial charge < -0.3 is 9.72 Å². The zero-order chi connectivity index (χ0) is 13.8. The molecule has 1 aromatic heterocycles. The summed E-state index contributed by atoms with van der Waals surface area (Å²) < 4.78 is 5.33. The maximum atomic E-state index is 12.0. The second kappa shape index (κ2) is 6.74. The number of hydrogen-bond donors (Lipinski definition) is 1. The summed E-state index contributed by atoms with van der Waals surface area (Å²) >= 11 is 1.65. The summed E-state index contributed by atoms with van der Waals surface area (Å²) in [6.07, 6.45) is 4.11. The second-order valence-corrected chi connectivity index (χ2v) is 6.39. The Labute approximate surface area is 123 Å². The lowest BCUT2D eigenvalue weighted by molar-refractivity contribution is 0.0410. The number of aromatic amines is 1. The van der Waals surface area contributed by atoms with Crippen LogP contribution in [0.4, 0.5) is 0 Å². The standard InChI is InChI=1S/C14H21N3O2S/c18-13-11-3-1-2-4-12(11)15-14(16-13)20-10-7-17-5-8-19-9-6-17/h1-10H2,(H,15,16,18). The van der Waals surface area contributed by atoms with Crippen LogP contribution in [0.1, 0.15) is 24.1 Å². The molecule has 5 nitrogen and oxygen atoms in total. The Hall–Kier alpha value is -0.850. The molecule has 0 spiro atoms. The van der Waals surface area contributed by atoms with E-state index < -0.39 is 0 Å². The Balaban J connectivity index is 1.57. The third kappa shape index (κ3) is 3.42. The number of rotatable bonds is 4. The highest BCUT2D eigenvalue weighted by Gasteiger charge is 2.16. The van der Waals surface area contributed by atoms with Crippen LogP contribution in [-0.4, -0.2) is 53.5 Å². The minimum Gasteiger partial charge on any atom is -0.379 e. The number of aryl methyl sites for hydroxylation is 1. The quantitative estimate of drug-likeness (QED) is 0.665. The van der Waals surface area contributed by atoms with Gasteiger partial charge in [0, 0.05) is 31.0 Å². The van der Waals surface area contributed by atoms with Gasteiger partial charge in [-0.15, -0.1) is 0 Å². The molecule has 1 aromatic rings. The predicted molar refractivity (Wildman–Crippen MR) is 79.5 cm³/mol. The summed E-state index contributed by atoms with van der Waals surface area (Å²) in [5, 5.41) is 0.781. The molecule has 3 rings (SSSR count). The van der Waals surface area contributed by atoms with E-state index >= 15 is 0 Å². The van der Waals surface area contributed by atoms with Crippen molar-refractivity contribution >= 4 is 11.8 Å². The Bertz CT molecular complexity index is 512. The second-order valence-electron chi connectivity index (χ2n) is 5.31. The number of H-pyrrole nitrogens is 1. The summed E-state index contributed by atoms with van der Waals surface area (Å²) in [6.45, 7) is 4.70. The van der Waals surface area contributed by atoms with Crippen LogP contribution in [0.5, 0.6) is 0 Å². The summed E-state index contributed by atoms with van der Waals surface area (Å²) in [6, 6.07) is 0. The summed E-state index contributed by atoms with van der Waals surface area (Å²) in [7, 11) is 0. The van der Waals surface area contributed by atoms with Crippen LogP contribution in [-0.2, 0) is 17.6 Å². The van der Waals surface area contributed by atoms with Crippen molar-refractivity contribution in [1.82, 2.24) is 14.9 Å². The fraction of sp³-hybridized carbons (Fsp3) is 0.714. The molecule has 2 heterocycles. The largest absolute Gasteiger partial charge is 0.379 e. The summed E-state index contributed by atoms with van der Waals surface area (Å²) in [5.41, 5.74) is 2.01. The first-order valence-corrected chi connectivity index (χ1v) is 8.36. The van der Waals surface area contributed by atoms with Gasteiger partial charge in [-0.3, -0.25) is 9.69 Å². The van der Waals surface area contributed by atoms with E-state index in [1.54, 1.807) is 11.8 Å². The maximum absolute atomic E-state index is 12.0. The van der Waals surface area contributed by atoms with E-state index in [0.717, 1.165) is 80.7 Å². The normalized spacial score (nSPS) is 19.8. The molecule has 0 atom stereocenters. The highest BCUT2D eigenvalue weighted by atomic mass is 32.2. The SMILES string of the molecule is O=c1[nH]c(SCCN2CCOCC2)nc2c1CCCC2. The number of ether oxygens (including phenoxy) is 1. The zero-order valence-electron chi connectivity index (χ0n) is 11.7. The lowest BCUT2D eigenvalue weighted by atomic mass is 9.97. The molecule has 0 unspecified atom stereocenters. The van der Waals surface area contributed by atoms with Gasteiger partial charge in [0.05, 0.1) is 18.9 Å². The molecule has 20 heavy (non-hydrogen) atoms. The van der Waals surface area contributed by atoms with Crippen LogP contribution < -0.4 is 5.56 Å². The number of morpholine rings is 1. The Morgan fingerprint density at radius 1 is 1.25 bits per heavy atom. The van der Waals surface area contributed by atoms with Crippen molar-refractivity contribution < 1.29 is 4.74 Å². The van der Waals surface area contributed by atoms with E-state index in [2.05, 4.69) is 14.9 Å². The average molecular weight is 295 g/mol. The Morgan fingerprint density at radius 3 is 2.90 bits per heavy atom. The van der Waals surface area contributed by atoms with Crippen molar-refractivity contribution in [3.63, 3.8) is 0 Å². The molecule has 0 bridgehead atoms. The molecule has 1 saturated heterocycles. The van der Waals surface area contributed by atoms with Crippen LogP contribution >= 0.6 is 11.8 Å². The van der Waals surface area contributed by atoms with E-state index in [-0.39, 0.29) is 5.56 Å². The van der Waals surface area contributed by atoms with Gasteiger partial charge in [-0.2, -0.15) is 0 Å². The molecule has 0 amide bonds. The van der Waals surface area contributed by atoms with Gasteiger partial charge >= 0.3 is 0 Å². The van der Waals surface area contributed by atoms with Crippen molar-refractivity contribution in [2.45, 2.75) is 30.8 Å². The fourth-order valence-electron chi connectivity index (χ4n) is 2.75. The number of nitrogens with zero attached hydrogens (tertiary/aromatic N) is 2. The molecule has 1 aliphatic heterocycles. The number of fused-ring (bicyclic) bond motifs is 1. The van der Waals surface area contributed by atoms with E-state index in [1.807, 2.05) is 0 Å². The van der Waals surface area contributed by atoms with Gasteiger partial charge in [0.2, 0.25) is 0 Å². The molecule has 0 aromatic carbocycles. The maximum Gasteiger partial charge on any atom is 0.254 e. The smallest absolute Gasteiger partial charge is 0.254 e. The van der Waals surface area contributed by atoms with Crippen molar-refractivity contribution in [3.05, 3.63) is 21.6 Å². The first-order chi connectivity index (χ1) is 9.83. The number of thioether (sulfide) groups is 1. The molecule has 1 fully saturated rings. The van der Waals surface area contributed by atoms with Gasteiger partial charge in [-0.05, 0) is 25.7 Å². The highest BCUT2D eigenvalue weighted by Crippen LogP contribution is 2.19. The molecule has 0 radical (unpaired) electrons. The van der Waals surface area contributed by atoms with Gasteiger partial charge in [0.1, 0.15) is 0 Å². The van der Waals surface area contributed by atoms with Gasteiger partial charge in [-0.25, -0.2) is 4.98 Å². The molecule has 110 valence electrons. The van der Waals surface area contributed by atoms with Crippen LogP contribution in [0.15, 0.2) is 9.95 Å². The monoisotopic (exact) mass is 295 g/mol. The first kappa shape index (κ1) is 14.1. The average Bonchev–Trinajstić information content (AvgIpc) is 2.48. The van der Waals surface area contributed by atoms with E-state index in [4.69, 9.17) is 4.74 Å². The van der Waals surface area contributed by atoms with Gasteiger partial charge in [-0.1, -0.05) is 11.8 Å². The van der Waals surface area contributed by atoms with E-state index in [1.165, 1.54) is 0 Å². The lowest BCUT2D eigenvalue weighted by Crippen LogP contribution is -2.37. The number of hydrogen-bond acceptors (Lipinski definition) is 5. The Kier molecular flexibility index (Phi) is 4.75. The Morgan fingerprint density at radius 2 is 2.05 bits per heavy atom. The van der Waals surface area contributed by atoms with Gasteiger partial charge in [0.25, 0.3) is 5.56 Å². The third-order valence-electron chi connectivity index (χ3n) is 3.92. The lowest BCUT2D eigenvalue weighted by Gasteiger charge is -2.26. The third-order valence-corrected chi connectivity index (χ3v) is 4.77. The number of aromatic nitrogens is 2. The summed E-state index contributed by atoms with van der Waals surface area (Å²) in [5.74, 6) is 0.960. The molecule has 6 heteroatoms. The van der Waals surface area contributed by atoms with Crippen LogP contribution in [0, 0.1) is 0 Å². The zero-order valence-corrected chi connectivity index (χ0v) is 12.5.